The number of nitrogens with zero attached hydrogens (tertiary/aromatic N) is 1. The molecule has 0 fully saturated rings. The summed E-state index contributed by atoms with van der Waals surface area (Å²) in [5, 5.41) is 0. The third-order valence-corrected chi connectivity index (χ3v) is 7.25. The number of anilines is 1. The molecule has 1 aliphatic heterocycles. The van der Waals surface area contributed by atoms with Crippen molar-refractivity contribution < 1.29 is 32.0 Å². The van der Waals surface area contributed by atoms with E-state index in [2.05, 4.69) is 4.52 Å². The van der Waals surface area contributed by atoms with E-state index in [-0.39, 0.29) is 40.2 Å². The Morgan fingerprint density at radius 3 is 2.16 bits per heavy atom. The molecule has 32 heavy (non-hydrogen) atoms. The number of rotatable bonds is 6. The van der Waals surface area contributed by atoms with Gasteiger partial charge in [0.25, 0.3) is 10.0 Å². The summed E-state index contributed by atoms with van der Waals surface area (Å²) in [6.45, 7) is 0.320. The molecule has 0 atom stereocenters. The van der Waals surface area contributed by atoms with Crippen molar-refractivity contribution in [3.8, 4) is 22.6 Å². The maximum atomic E-state index is 13.4. The van der Waals surface area contributed by atoms with E-state index in [0.29, 0.717) is 35.5 Å². The zero-order valence-corrected chi connectivity index (χ0v) is 18.2. The molecule has 11 heteroatoms. The summed E-state index contributed by atoms with van der Waals surface area (Å²) in [6, 6.07) is 18.0. The van der Waals surface area contributed by atoms with E-state index in [4.69, 9.17) is 14.5 Å². The first-order chi connectivity index (χ1) is 14.7. The van der Waals surface area contributed by atoms with Crippen LogP contribution in [0.3, 0.4) is 0 Å². The van der Waals surface area contributed by atoms with E-state index in [1.54, 1.807) is 24.3 Å². The van der Waals surface area contributed by atoms with Gasteiger partial charge in [0.15, 0.2) is 0 Å². The molecule has 1 aliphatic rings. The molecule has 3 aromatic carbocycles. The molecule has 0 amide bonds. The Hall–Kier alpha value is -1.84. The van der Waals surface area contributed by atoms with E-state index in [1.165, 1.54) is 35.7 Å². The molecule has 0 spiro atoms. The van der Waals surface area contributed by atoms with Crippen molar-refractivity contribution in [1.82, 2.24) is 0 Å². The molecule has 8 nitrogen and oxygen atoms in total. The summed E-state index contributed by atoms with van der Waals surface area (Å²) in [6.07, 6.45) is 0.581. The van der Waals surface area contributed by atoms with E-state index >= 15 is 0 Å². The van der Waals surface area contributed by atoms with Crippen molar-refractivity contribution in [2.24, 2.45) is 0 Å². The molecule has 1 heterocycles. The van der Waals surface area contributed by atoms with Crippen LogP contribution in [0.4, 0.5) is 5.69 Å². The van der Waals surface area contributed by atoms with Gasteiger partial charge >= 0.3 is 37.4 Å². The normalized spacial score (nSPS) is 13.3. The first kappa shape index (κ1) is 24.8. The van der Waals surface area contributed by atoms with E-state index in [1.807, 2.05) is 18.2 Å². The summed E-state index contributed by atoms with van der Waals surface area (Å²) in [4.78, 5) is 18.1. The Bertz CT molecular complexity index is 1260. The fourth-order valence-electron chi connectivity index (χ4n) is 3.60. The van der Waals surface area contributed by atoms with E-state index in [0.717, 1.165) is 5.56 Å². The Balaban J connectivity index is 0.00000289. The number of hydrogen-bond donors (Lipinski definition) is 2. The molecule has 0 unspecified atom stereocenters. The fourth-order valence-corrected chi connectivity index (χ4v) is 5.52. The summed E-state index contributed by atoms with van der Waals surface area (Å²) >= 11 is 0. The minimum atomic E-state index is -4.66. The number of phosphoric ester groups is 1. The van der Waals surface area contributed by atoms with Gasteiger partial charge in [-0.2, -0.15) is 0 Å². The van der Waals surface area contributed by atoms with Crippen LogP contribution in [-0.2, 0) is 21.0 Å². The van der Waals surface area contributed by atoms with Crippen LogP contribution in [0.5, 0.6) is 11.5 Å². The number of ether oxygens (including phenoxy) is 1. The van der Waals surface area contributed by atoms with Crippen LogP contribution in [0.1, 0.15) is 5.56 Å². The summed E-state index contributed by atoms with van der Waals surface area (Å²) in [7, 11) is -6.93. The second-order valence-corrected chi connectivity index (χ2v) is 9.95. The van der Waals surface area contributed by atoms with Crippen LogP contribution in [0.15, 0.2) is 71.6 Å². The van der Waals surface area contributed by atoms with Gasteiger partial charge in [0.05, 0.1) is 17.7 Å². The van der Waals surface area contributed by atoms with Crippen LogP contribution >= 0.6 is 7.82 Å². The first-order valence-electron chi connectivity index (χ1n) is 9.33. The number of sulfonamides is 1. The van der Waals surface area contributed by atoms with Crippen LogP contribution in [0.25, 0.3) is 11.1 Å². The summed E-state index contributed by atoms with van der Waals surface area (Å²) in [5.74, 6) is 0.589. The summed E-state index contributed by atoms with van der Waals surface area (Å²) < 4.78 is 48.9. The molecule has 0 saturated heterocycles. The molecule has 0 saturated carbocycles. The van der Waals surface area contributed by atoms with E-state index < -0.39 is 17.8 Å². The average Bonchev–Trinajstić information content (AvgIpc) is 3.18. The SMILES string of the molecule is COc1ccc(S(=O)(=O)N2CCc3cccc(-c4ccc(OP(=O)(O)O)cc4)c32)cc1.[NaH]. The molecule has 4 rings (SSSR count). The van der Waals surface area contributed by atoms with Crippen molar-refractivity contribution >= 4 is 53.1 Å². The molecule has 3 aromatic rings. The number of hydrogen-bond acceptors (Lipinski definition) is 5. The molecular weight excluding hydrogens is 464 g/mol. The van der Waals surface area contributed by atoms with Gasteiger partial charge in [0.2, 0.25) is 0 Å². The van der Waals surface area contributed by atoms with Gasteiger partial charge in [-0.15, -0.1) is 0 Å². The number of benzene rings is 3. The van der Waals surface area contributed by atoms with Gasteiger partial charge in [0, 0.05) is 12.1 Å². The monoisotopic (exact) mass is 485 g/mol. The predicted octanol–water partition coefficient (Wildman–Crippen LogP) is 2.94. The van der Waals surface area contributed by atoms with Crippen LogP contribution in [-0.4, -0.2) is 61.4 Å². The Morgan fingerprint density at radius 2 is 1.56 bits per heavy atom. The third kappa shape index (κ3) is 5.05. The number of para-hydroxylation sites is 1. The molecule has 0 bridgehead atoms. The average molecular weight is 485 g/mol. The predicted molar refractivity (Wildman–Crippen MR) is 123 cm³/mol. The third-order valence-electron chi connectivity index (χ3n) is 4.99. The van der Waals surface area contributed by atoms with Crippen molar-refractivity contribution in [2.45, 2.75) is 11.3 Å². The van der Waals surface area contributed by atoms with Gasteiger partial charge in [0.1, 0.15) is 11.5 Å². The van der Waals surface area contributed by atoms with Crippen LogP contribution < -0.4 is 13.6 Å². The van der Waals surface area contributed by atoms with Gasteiger partial charge < -0.3 is 9.26 Å². The molecule has 2 N–H and O–H groups in total. The molecule has 0 radical (unpaired) electrons. The van der Waals surface area contributed by atoms with Crippen molar-refractivity contribution in [1.29, 1.82) is 0 Å². The van der Waals surface area contributed by atoms with Gasteiger partial charge in [-0.1, -0.05) is 30.3 Å². The Morgan fingerprint density at radius 1 is 0.938 bits per heavy atom. The molecule has 164 valence electrons. The topological polar surface area (TPSA) is 113 Å². The quantitative estimate of drug-likeness (QED) is 0.408. The standard InChI is InChI=1S/C21H20NO7PS.Na.H/c1-28-17-9-11-19(12-10-17)31(26,27)22-14-13-16-3-2-4-20(21(16)22)15-5-7-18(8-6-15)29-30(23,24)25;;/h2-12H,13-14H2,1H3,(H2,23,24,25);;. The van der Waals surface area contributed by atoms with Crippen molar-refractivity contribution in [3.05, 3.63) is 72.3 Å². The van der Waals surface area contributed by atoms with Gasteiger partial charge in [-0.3, -0.25) is 14.1 Å². The number of phosphoric acid groups is 1. The molecule has 0 aromatic heterocycles. The minimum absolute atomic E-state index is 0. The van der Waals surface area contributed by atoms with Crippen molar-refractivity contribution in [2.75, 3.05) is 18.0 Å². The first-order valence-corrected chi connectivity index (χ1v) is 12.3. The van der Waals surface area contributed by atoms with Crippen molar-refractivity contribution in [3.63, 3.8) is 0 Å². The molecule has 0 aliphatic carbocycles. The second kappa shape index (κ2) is 9.57. The van der Waals surface area contributed by atoms with Crippen LogP contribution in [0, 0.1) is 0 Å². The van der Waals surface area contributed by atoms with E-state index in [9.17, 15) is 13.0 Å². The maximum absolute atomic E-state index is 13.4. The summed E-state index contributed by atoms with van der Waals surface area (Å²) in [5.41, 5.74) is 2.91. The Kier molecular flexibility index (Phi) is 7.41. The van der Waals surface area contributed by atoms with Gasteiger partial charge in [-0.25, -0.2) is 13.0 Å². The molecular formula is C21H21NNaO7PS. The fraction of sp³-hybridized carbons (Fsp3) is 0.143. The second-order valence-electron chi connectivity index (χ2n) is 6.92. The number of fused-ring (bicyclic) bond motifs is 1. The zero-order valence-electron chi connectivity index (χ0n) is 16.5. The van der Waals surface area contributed by atoms with Crippen LogP contribution in [0.2, 0.25) is 0 Å². The van der Waals surface area contributed by atoms with Gasteiger partial charge in [-0.05, 0) is 53.9 Å². The Labute approximate surface area is 208 Å². The zero-order chi connectivity index (χ0) is 22.2. The number of methoxy groups -OCH3 is 1.